The molecule has 37 heavy (non-hydrogen) atoms. The zero-order valence-electron chi connectivity index (χ0n) is 20.3. The van der Waals surface area contributed by atoms with E-state index in [1.54, 1.807) is 0 Å². The fraction of sp³-hybridized carbons (Fsp3) is 0.194. The van der Waals surface area contributed by atoms with E-state index in [2.05, 4.69) is 60.7 Å². The normalized spacial score (nSPS) is 23.6. The van der Waals surface area contributed by atoms with Crippen LogP contribution in [0.2, 0.25) is 5.02 Å². The highest BCUT2D eigenvalue weighted by Gasteiger charge is 2.62. The number of anilines is 1. The van der Waals surface area contributed by atoms with Gasteiger partial charge in [-0.2, -0.15) is 0 Å². The highest BCUT2D eigenvalue weighted by molar-refractivity contribution is 6.34. The lowest BCUT2D eigenvalue weighted by Crippen LogP contribution is -2.33. The fourth-order valence-electron chi connectivity index (χ4n) is 6.11. The molecule has 184 valence electrons. The van der Waals surface area contributed by atoms with Gasteiger partial charge in [-0.3, -0.25) is 9.59 Å². The van der Waals surface area contributed by atoms with E-state index in [1.807, 2.05) is 13.8 Å². The van der Waals surface area contributed by atoms with Gasteiger partial charge in [-0.05, 0) is 54.3 Å². The number of amides is 2. The van der Waals surface area contributed by atoms with Gasteiger partial charge in [0.05, 0.1) is 28.1 Å². The molecule has 0 spiro atoms. The lowest BCUT2D eigenvalue weighted by atomic mass is 9.85. The topological polar surface area (TPSA) is 74.7 Å². The number of carboxylic acid groups (broad SMARTS) is 1. The Balaban J connectivity index is 1.46. The van der Waals surface area contributed by atoms with Crippen LogP contribution in [0.4, 0.5) is 5.69 Å². The Morgan fingerprint density at radius 1 is 0.784 bits per heavy atom. The molecule has 5 nitrogen and oxygen atoms in total. The Kier molecular flexibility index (Phi) is 5.42. The lowest BCUT2D eigenvalue weighted by Gasteiger charge is -2.22. The van der Waals surface area contributed by atoms with Crippen LogP contribution in [0, 0.1) is 37.5 Å². The van der Waals surface area contributed by atoms with Gasteiger partial charge in [-0.15, -0.1) is 0 Å². The Morgan fingerprint density at radius 3 is 1.73 bits per heavy atom. The molecule has 6 rings (SSSR count). The van der Waals surface area contributed by atoms with Crippen molar-refractivity contribution in [2.24, 2.45) is 23.7 Å². The molecule has 3 aromatic rings. The zero-order chi connectivity index (χ0) is 26.0. The van der Waals surface area contributed by atoms with Crippen LogP contribution in [-0.2, 0) is 9.59 Å². The lowest BCUT2D eigenvalue weighted by molar-refractivity contribution is -0.122. The molecule has 1 heterocycles. The summed E-state index contributed by atoms with van der Waals surface area (Å²) in [5.41, 5.74) is 6.71. The van der Waals surface area contributed by atoms with Crippen LogP contribution in [0.25, 0.3) is 5.57 Å². The molecule has 4 atom stereocenters. The Bertz CT molecular complexity index is 1450. The highest BCUT2D eigenvalue weighted by Crippen LogP contribution is 2.59. The largest absolute Gasteiger partial charge is 0.478 e. The van der Waals surface area contributed by atoms with E-state index in [9.17, 15) is 19.5 Å². The molecule has 0 aromatic heterocycles. The third-order valence-corrected chi connectivity index (χ3v) is 8.15. The third kappa shape index (κ3) is 3.57. The first-order valence-electron chi connectivity index (χ1n) is 12.2. The van der Waals surface area contributed by atoms with Crippen LogP contribution in [0.3, 0.4) is 0 Å². The average molecular weight is 510 g/mol. The van der Waals surface area contributed by atoms with Gasteiger partial charge >= 0.3 is 5.97 Å². The number of carbonyl (C=O) groups is 3. The number of rotatable bonds is 4. The van der Waals surface area contributed by atoms with Crippen molar-refractivity contribution in [1.82, 2.24) is 0 Å². The first kappa shape index (κ1) is 23.4. The summed E-state index contributed by atoms with van der Waals surface area (Å²) in [5, 5.41) is 9.54. The minimum atomic E-state index is -1.21. The Morgan fingerprint density at radius 2 is 1.27 bits per heavy atom. The number of allylic oxidation sites excluding steroid dienone is 3. The second kappa shape index (κ2) is 8.56. The first-order chi connectivity index (χ1) is 17.8. The zero-order valence-corrected chi connectivity index (χ0v) is 21.1. The second-order valence-corrected chi connectivity index (χ2v) is 10.4. The SMILES string of the molecule is Cc1ccc(C(=C2[C@H]3C=C[C@H]2[C@H]2C(=O)N(c4ccc(Cl)c(C(=O)O)c4)C(=O)[C@H]23)c2ccc(C)cc2)cc1. The number of carboxylic acids is 1. The summed E-state index contributed by atoms with van der Waals surface area (Å²) in [6.07, 6.45) is 4.12. The summed E-state index contributed by atoms with van der Waals surface area (Å²) in [5.74, 6) is -3.26. The van der Waals surface area contributed by atoms with Crippen LogP contribution in [-0.4, -0.2) is 22.9 Å². The van der Waals surface area contributed by atoms with Gasteiger partial charge in [0.1, 0.15) is 0 Å². The van der Waals surface area contributed by atoms with E-state index in [0.717, 1.165) is 38.3 Å². The van der Waals surface area contributed by atoms with Gasteiger partial charge in [0.25, 0.3) is 0 Å². The van der Waals surface area contributed by atoms with Gasteiger partial charge in [0.15, 0.2) is 0 Å². The van der Waals surface area contributed by atoms with Gasteiger partial charge in [0, 0.05) is 11.8 Å². The molecule has 3 aromatic carbocycles. The highest BCUT2D eigenvalue weighted by atomic mass is 35.5. The summed E-state index contributed by atoms with van der Waals surface area (Å²) < 4.78 is 0. The van der Waals surface area contributed by atoms with Crippen LogP contribution in [0.1, 0.15) is 32.6 Å². The molecule has 0 unspecified atom stereocenters. The number of benzene rings is 3. The van der Waals surface area contributed by atoms with Crippen molar-refractivity contribution in [2.45, 2.75) is 13.8 Å². The maximum absolute atomic E-state index is 13.8. The number of halogens is 1. The van der Waals surface area contributed by atoms with Gasteiger partial charge in [0.2, 0.25) is 11.8 Å². The summed E-state index contributed by atoms with van der Waals surface area (Å²) in [6.45, 7) is 4.10. The standard InChI is InChI=1S/C31H24ClNO4/c1-16-3-7-18(8-4-16)25(19-9-5-17(2)6-10-19)26-21-12-13-22(26)28-27(21)29(34)33(30(28)35)20-11-14-24(32)23(15-20)31(36)37/h3-15,21-22,27-28H,1-2H3,(H,36,37)/t21-,22-,27-,28+/m1/s1. The number of aryl methyl sites for hydroxylation is 2. The van der Waals surface area contributed by atoms with Crippen molar-refractivity contribution in [3.63, 3.8) is 0 Å². The molecule has 1 saturated heterocycles. The fourth-order valence-corrected chi connectivity index (χ4v) is 6.31. The Hall–Kier alpha value is -3.96. The molecular formula is C31H24ClNO4. The van der Waals surface area contributed by atoms with Crippen molar-refractivity contribution >= 4 is 40.6 Å². The number of carbonyl (C=O) groups excluding carboxylic acids is 2. The number of hydrogen-bond donors (Lipinski definition) is 1. The second-order valence-electron chi connectivity index (χ2n) is 10.0. The summed E-state index contributed by atoms with van der Waals surface area (Å²) >= 11 is 6.03. The summed E-state index contributed by atoms with van der Waals surface area (Å²) in [7, 11) is 0. The van der Waals surface area contributed by atoms with Crippen molar-refractivity contribution < 1.29 is 19.5 Å². The number of fused-ring (bicyclic) bond motifs is 5. The quantitative estimate of drug-likeness (QED) is 0.342. The Labute approximate surface area is 219 Å². The molecule has 1 N–H and O–H groups in total. The molecule has 2 bridgehead atoms. The molecule has 0 radical (unpaired) electrons. The molecule has 2 amide bonds. The third-order valence-electron chi connectivity index (χ3n) is 7.82. The van der Waals surface area contributed by atoms with Crippen LogP contribution in [0.5, 0.6) is 0 Å². The van der Waals surface area contributed by atoms with Crippen molar-refractivity contribution in [3.8, 4) is 0 Å². The molecule has 3 aliphatic rings. The van der Waals surface area contributed by atoms with Gasteiger partial charge in [-0.25, -0.2) is 9.69 Å². The molecular weight excluding hydrogens is 486 g/mol. The molecule has 6 heteroatoms. The minimum Gasteiger partial charge on any atom is -0.478 e. The predicted molar refractivity (Wildman–Crippen MR) is 142 cm³/mol. The molecule has 1 saturated carbocycles. The maximum atomic E-state index is 13.8. The van der Waals surface area contributed by atoms with Crippen molar-refractivity contribution in [1.29, 1.82) is 0 Å². The minimum absolute atomic E-state index is 0.0586. The molecule has 2 aliphatic carbocycles. The number of hydrogen-bond acceptors (Lipinski definition) is 3. The van der Waals surface area contributed by atoms with E-state index in [0.29, 0.717) is 0 Å². The van der Waals surface area contributed by atoms with E-state index < -0.39 is 17.8 Å². The van der Waals surface area contributed by atoms with E-state index in [1.165, 1.54) is 18.2 Å². The molecule has 1 aliphatic heterocycles. The van der Waals surface area contributed by atoms with Gasteiger partial charge in [-0.1, -0.05) is 83.4 Å². The number of imide groups is 1. The van der Waals surface area contributed by atoms with Crippen LogP contribution < -0.4 is 4.90 Å². The summed E-state index contributed by atoms with van der Waals surface area (Å²) in [6, 6.07) is 21.0. The average Bonchev–Trinajstić information content (AvgIpc) is 3.51. The predicted octanol–water partition coefficient (Wildman–Crippen LogP) is 6.08. The number of nitrogens with zero attached hydrogens (tertiary/aromatic N) is 1. The van der Waals surface area contributed by atoms with E-state index in [4.69, 9.17) is 11.6 Å². The monoisotopic (exact) mass is 509 g/mol. The van der Waals surface area contributed by atoms with E-state index in [-0.39, 0.29) is 39.9 Å². The molecule has 2 fully saturated rings. The van der Waals surface area contributed by atoms with Crippen molar-refractivity contribution in [2.75, 3.05) is 4.90 Å². The number of aromatic carboxylic acids is 1. The van der Waals surface area contributed by atoms with Crippen LogP contribution in [0.15, 0.2) is 84.5 Å². The maximum Gasteiger partial charge on any atom is 0.337 e. The van der Waals surface area contributed by atoms with Crippen LogP contribution >= 0.6 is 11.6 Å². The first-order valence-corrected chi connectivity index (χ1v) is 12.6. The van der Waals surface area contributed by atoms with E-state index >= 15 is 0 Å². The summed E-state index contributed by atoms with van der Waals surface area (Å²) in [4.78, 5) is 40.3. The smallest absolute Gasteiger partial charge is 0.337 e. The van der Waals surface area contributed by atoms with Gasteiger partial charge < -0.3 is 5.11 Å². The van der Waals surface area contributed by atoms with Crippen molar-refractivity contribution in [3.05, 3.63) is 117 Å².